The first kappa shape index (κ1) is 21.6. The van der Waals surface area contributed by atoms with Crippen molar-refractivity contribution < 1.29 is 14.3 Å². The van der Waals surface area contributed by atoms with Crippen LogP contribution in [0.25, 0.3) is 0 Å². The number of urea groups is 1. The van der Waals surface area contributed by atoms with Crippen LogP contribution in [0.2, 0.25) is 0 Å². The van der Waals surface area contributed by atoms with Gasteiger partial charge in [-0.1, -0.05) is 31.2 Å². The van der Waals surface area contributed by atoms with E-state index in [2.05, 4.69) is 41.4 Å². The molecule has 1 aromatic rings. The van der Waals surface area contributed by atoms with E-state index >= 15 is 0 Å². The summed E-state index contributed by atoms with van der Waals surface area (Å²) in [5.74, 6) is 0.0748. The number of carbonyl (C=O) groups is 2. The first-order valence-corrected chi connectivity index (χ1v) is 10.7. The number of benzene rings is 1. The number of nitrogens with zero attached hydrogens (tertiary/aromatic N) is 3. The van der Waals surface area contributed by atoms with Crippen LogP contribution >= 0.6 is 0 Å². The van der Waals surface area contributed by atoms with Gasteiger partial charge in [-0.3, -0.25) is 4.79 Å². The van der Waals surface area contributed by atoms with Crippen LogP contribution in [0.5, 0.6) is 0 Å². The van der Waals surface area contributed by atoms with Crippen molar-refractivity contribution in [2.75, 3.05) is 53.4 Å². The molecular weight excluding hydrogens is 368 g/mol. The van der Waals surface area contributed by atoms with Gasteiger partial charge in [0.05, 0.1) is 6.04 Å². The SMILES string of the molecule is CCc1ccc(C(CNC(=O)N2CCN(C(=O)C3CCCO3)CC2)N(C)C)cc1. The number of likely N-dealkylation sites (N-methyl/N-ethyl adjacent to an activating group) is 1. The Morgan fingerprint density at radius 1 is 1.14 bits per heavy atom. The minimum absolute atomic E-state index is 0.0637. The zero-order chi connectivity index (χ0) is 20.8. The van der Waals surface area contributed by atoms with E-state index in [-0.39, 0.29) is 24.1 Å². The van der Waals surface area contributed by atoms with E-state index in [1.54, 1.807) is 4.90 Å². The lowest BCUT2D eigenvalue weighted by Crippen LogP contribution is -2.55. The number of hydrogen-bond acceptors (Lipinski definition) is 4. The number of carbonyl (C=O) groups excluding carboxylic acids is 2. The fourth-order valence-electron chi connectivity index (χ4n) is 3.98. The van der Waals surface area contributed by atoms with Crippen molar-refractivity contribution in [2.45, 2.75) is 38.3 Å². The molecular formula is C22H34N4O3. The molecule has 29 heavy (non-hydrogen) atoms. The highest BCUT2D eigenvalue weighted by atomic mass is 16.5. The average Bonchev–Trinajstić information content (AvgIpc) is 3.28. The maximum atomic E-state index is 12.7. The van der Waals surface area contributed by atoms with Gasteiger partial charge in [-0.2, -0.15) is 0 Å². The zero-order valence-electron chi connectivity index (χ0n) is 17.9. The van der Waals surface area contributed by atoms with E-state index in [9.17, 15) is 9.59 Å². The van der Waals surface area contributed by atoms with Crippen LogP contribution < -0.4 is 5.32 Å². The van der Waals surface area contributed by atoms with Gasteiger partial charge < -0.3 is 24.8 Å². The van der Waals surface area contributed by atoms with Crippen LogP contribution in [-0.2, 0) is 16.0 Å². The Labute approximate surface area is 174 Å². The van der Waals surface area contributed by atoms with E-state index in [1.807, 2.05) is 19.0 Å². The highest BCUT2D eigenvalue weighted by Crippen LogP contribution is 2.19. The van der Waals surface area contributed by atoms with Crippen molar-refractivity contribution in [1.29, 1.82) is 0 Å². The zero-order valence-corrected chi connectivity index (χ0v) is 17.9. The van der Waals surface area contributed by atoms with E-state index in [0.29, 0.717) is 39.3 Å². The molecule has 3 rings (SSSR count). The summed E-state index contributed by atoms with van der Waals surface area (Å²) >= 11 is 0. The fourth-order valence-corrected chi connectivity index (χ4v) is 3.98. The second-order valence-corrected chi connectivity index (χ2v) is 8.07. The van der Waals surface area contributed by atoms with Crippen LogP contribution in [-0.4, -0.2) is 86.2 Å². The summed E-state index contributed by atoms with van der Waals surface area (Å²) in [6, 6.07) is 8.64. The molecule has 0 bridgehead atoms. The summed E-state index contributed by atoms with van der Waals surface area (Å²) in [5.41, 5.74) is 2.50. The third-order valence-electron chi connectivity index (χ3n) is 5.93. The minimum atomic E-state index is -0.282. The molecule has 1 aromatic carbocycles. The molecule has 0 aromatic heterocycles. The number of rotatable bonds is 6. The van der Waals surface area contributed by atoms with Crippen LogP contribution in [0.4, 0.5) is 4.79 Å². The van der Waals surface area contributed by atoms with Gasteiger partial charge >= 0.3 is 6.03 Å². The molecule has 0 saturated carbocycles. The molecule has 1 N–H and O–H groups in total. The largest absolute Gasteiger partial charge is 0.368 e. The molecule has 0 radical (unpaired) electrons. The quantitative estimate of drug-likeness (QED) is 0.789. The molecule has 2 aliphatic rings. The van der Waals surface area contributed by atoms with Crippen molar-refractivity contribution in [2.24, 2.45) is 0 Å². The highest BCUT2D eigenvalue weighted by Gasteiger charge is 2.31. The first-order chi connectivity index (χ1) is 14.0. The summed E-state index contributed by atoms with van der Waals surface area (Å²) in [5, 5.41) is 3.08. The topological polar surface area (TPSA) is 65.1 Å². The van der Waals surface area contributed by atoms with Gasteiger partial charge in [0, 0.05) is 39.3 Å². The standard InChI is InChI=1S/C22H34N4O3/c1-4-17-7-9-18(10-8-17)19(24(2)3)16-23-22(28)26-13-11-25(12-14-26)21(27)20-6-5-15-29-20/h7-10,19-20H,4-6,11-16H2,1-3H3,(H,23,28). The number of aryl methyl sites for hydroxylation is 1. The van der Waals surface area contributed by atoms with Crippen molar-refractivity contribution in [3.63, 3.8) is 0 Å². The Balaban J connectivity index is 1.48. The molecule has 2 atom stereocenters. The third kappa shape index (κ3) is 5.48. The lowest BCUT2D eigenvalue weighted by atomic mass is 10.0. The lowest BCUT2D eigenvalue weighted by molar-refractivity contribution is -0.142. The summed E-state index contributed by atoms with van der Waals surface area (Å²) in [6.45, 7) is 5.62. The highest BCUT2D eigenvalue weighted by molar-refractivity contribution is 5.81. The molecule has 160 valence electrons. The van der Waals surface area contributed by atoms with Crippen molar-refractivity contribution in [1.82, 2.24) is 20.0 Å². The number of hydrogen-bond donors (Lipinski definition) is 1. The van der Waals surface area contributed by atoms with Gasteiger partial charge in [0.2, 0.25) is 0 Å². The van der Waals surface area contributed by atoms with Crippen molar-refractivity contribution in [3.05, 3.63) is 35.4 Å². The number of ether oxygens (including phenoxy) is 1. The normalized spacial score (nSPS) is 20.8. The molecule has 2 saturated heterocycles. The van der Waals surface area contributed by atoms with E-state index in [1.165, 1.54) is 11.1 Å². The number of nitrogens with one attached hydrogen (secondary N) is 1. The Morgan fingerprint density at radius 2 is 1.79 bits per heavy atom. The van der Waals surface area contributed by atoms with Crippen LogP contribution in [0, 0.1) is 0 Å². The van der Waals surface area contributed by atoms with Gasteiger partial charge in [-0.05, 0) is 44.5 Å². The second kappa shape index (κ2) is 10.1. The first-order valence-electron chi connectivity index (χ1n) is 10.7. The Morgan fingerprint density at radius 3 is 2.34 bits per heavy atom. The van der Waals surface area contributed by atoms with E-state index in [4.69, 9.17) is 4.74 Å². The lowest BCUT2D eigenvalue weighted by Gasteiger charge is -2.36. The average molecular weight is 403 g/mol. The number of amides is 3. The molecule has 2 heterocycles. The van der Waals surface area contributed by atoms with Crippen LogP contribution in [0.1, 0.15) is 36.9 Å². The fraction of sp³-hybridized carbons (Fsp3) is 0.636. The molecule has 3 amide bonds. The van der Waals surface area contributed by atoms with E-state index in [0.717, 1.165) is 19.3 Å². The van der Waals surface area contributed by atoms with Gasteiger partial charge in [-0.15, -0.1) is 0 Å². The second-order valence-electron chi connectivity index (χ2n) is 8.07. The van der Waals surface area contributed by atoms with Gasteiger partial charge in [0.25, 0.3) is 5.91 Å². The smallest absolute Gasteiger partial charge is 0.317 e. The van der Waals surface area contributed by atoms with Gasteiger partial charge in [0.1, 0.15) is 6.10 Å². The minimum Gasteiger partial charge on any atom is -0.368 e. The molecule has 7 heteroatoms. The summed E-state index contributed by atoms with van der Waals surface area (Å²) in [4.78, 5) is 30.9. The summed E-state index contributed by atoms with van der Waals surface area (Å²) < 4.78 is 5.50. The maximum Gasteiger partial charge on any atom is 0.317 e. The molecule has 2 unspecified atom stereocenters. The maximum absolute atomic E-state index is 12.7. The Hall–Kier alpha value is -2.12. The predicted octanol–water partition coefficient (Wildman–Crippen LogP) is 1.88. The molecule has 0 aliphatic carbocycles. The predicted molar refractivity (Wildman–Crippen MR) is 113 cm³/mol. The molecule has 0 spiro atoms. The molecule has 2 fully saturated rings. The molecule has 7 nitrogen and oxygen atoms in total. The monoisotopic (exact) mass is 402 g/mol. The van der Waals surface area contributed by atoms with Crippen LogP contribution in [0.15, 0.2) is 24.3 Å². The van der Waals surface area contributed by atoms with Crippen molar-refractivity contribution >= 4 is 11.9 Å². The van der Waals surface area contributed by atoms with Crippen LogP contribution in [0.3, 0.4) is 0 Å². The summed E-state index contributed by atoms with van der Waals surface area (Å²) in [6.07, 6.45) is 2.50. The van der Waals surface area contributed by atoms with Gasteiger partial charge in [0.15, 0.2) is 0 Å². The Kier molecular flexibility index (Phi) is 7.50. The number of piperazine rings is 1. The van der Waals surface area contributed by atoms with E-state index < -0.39 is 0 Å². The molecule has 2 aliphatic heterocycles. The van der Waals surface area contributed by atoms with Crippen molar-refractivity contribution in [3.8, 4) is 0 Å². The summed E-state index contributed by atoms with van der Waals surface area (Å²) in [7, 11) is 4.06. The Bertz CT molecular complexity index is 678. The van der Waals surface area contributed by atoms with Gasteiger partial charge in [-0.25, -0.2) is 4.79 Å². The third-order valence-corrected chi connectivity index (χ3v) is 5.93.